The summed E-state index contributed by atoms with van der Waals surface area (Å²) >= 11 is 0. The van der Waals surface area contributed by atoms with Crippen molar-refractivity contribution in [2.45, 2.75) is 20.0 Å². The third-order valence-electron chi connectivity index (χ3n) is 4.59. The quantitative estimate of drug-likeness (QED) is 0.611. The molecule has 0 saturated carbocycles. The average molecular weight is 331 g/mol. The third-order valence-corrected chi connectivity index (χ3v) is 4.59. The monoisotopic (exact) mass is 331 g/mol. The Labute approximate surface area is 144 Å². The highest BCUT2D eigenvalue weighted by Crippen LogP contribution is 2.28. The minimum atomic E-state index is 0.691. The topological polar surface area (TPSA) is 75.5 Å². The van der Waals surface area contributed by atoms with Gasteiger partial charge in [0.15, 0.2) is 11.6 Å². The van der Waals surface area contributed by atoms with Crippen LogP contribution in [-0.4, -0.2) is 36.3 Å². The summed E-state index contributed by atoms with van der Waals surface area (Å²) in [6.45, 7) is 4.31. The molecule has 1 aromatic carbocycles. The van der Waals surface area contributed by atoms with Gasteiger partial charge < -0.3 is 14.5 Å². The number of aromatic nitrogens is 6. The van der Waals surface area contributed by atoms with Gasteiger partial charge in [-0.2, -0.15) is 0 Å². The van der Waals surface area contributed by atoms with Gasteiger partial charge in [0.1, 0.15) is 17.3 Å². The zero-order valence-electron chi connectivity index (χ0n) is 13.8. The van der Waals surface area contributed by atoms with Crippen LogP contribution in [0.2, 0.25) is 0 Å². The van der Waals surface area contributed by atoms with E-state index in [9.17, 15) is 0 Å². The number of anilines is 1. The number of benzene rings is 1. The van der Waals surface area contributed by atoms with Crippen molar-refractivity contribution in [3.05, 3.63) is 54.2 Å². The first-order valence-electron chi connectivity index (χ1n) is 8.34. The van der Waals surface area contributed by atoms with Crippen LogP contribution in [0.15, 0.2) is 42.6 Å². The van der Waals surface area contributed by atoms with Gasteiger partial charge in [-0.15, -0.1) is 10.2 Å². The second-order valence-corrected chi connectivity index (χ2v) is 6.21. The zero-order chi connectivity index (χ0) is 16.8. The summed E-state index contributed by atoms with van der Waals surface area (Å²) in [5.74, 6) is 3.62. The van der Waals surface area contributed by atoms with Crippen molar-refractivity contribution in [3.63, 3.8) is 0 Å². The van der Waals surface area contributed by atoms with Crippen molar-refractivity contribution in [2.75, 3.05) is 11.4 Å². The molecule has 1 aliphatic rings. The molecule has 0 fully saturated rings. The van der Waals surface area contributed by atoms with Crippen molar-refractivity contribution in [1.29, 1.82) is 0 Å². The van der Waals surface area contributed by atoms with E-state index in [-0.39, 0.29) is 0 Å². The van der Waals surface area contributed by atoms with E-state index in [0.717, 1.165) is 53.0 Å². The minimum Gasteiger partial charge on any atom is -0.347 e. The van der Waals surface area contributed by atoms with Crippen molar-refractivity contribution < 1.29 is 0 Å². The Bertz CT molecular complexity index is 1050. The molecule has 0 amide bonds. The molecule has 0 saturated heterocycles. The predicted molar refractivity (Wildman–Crippen MR) is 95.1 cm³/mol. The first-order valence-corrected chi connectivity index (χ1v) is 8.34. The van der Waals surface area contributed by atoms with Crippen LogP contribution in [0.3, 0.4) is 0 Å². The molecule has 4 aromatic rings. The van der Waals surface area contributed by atoms with Gasteiger partial charge in [-0.25, -0.2) is 9.97 Å². The minimum absolute atomic E-state index is 0.691. The molecule has 1 N–H and O–H groups in total. The molecule has 0 atom stereocenters. The molecule has 0 spiro atoms. The van der Waals surface area contributed by atoms with E-state index in [2.05, 4.69) is 46.7 Å². The number of aromatic amines is 1. The fourth-order valence-corrected chi connectivity index (χ4v) is 3.41. The lowest BCUT2D eigenvalue weighted by Crippen LogP contribution is -2.34. The third kappa shape index (κ3) is 2.27. The molecule has 0 aliphatic carbocycles. The Morgan fingerprint density at radius 2 is 1.88 bits per heavy atom. The molecule has 7 heteroatoms. The normalized spacial score (nSPS) is 14.0. The highest BCUT2D eigenvalue weighted by atomic mass is 15.4. The highest BCUT2D eigenvalue weighted by molar-refractivity contribution is 5.87. The van der Waals surface area contributed by atoms with E-state index in [1.807, 2.05) is 37.4 Å². The SMILES string of the molecule is Cc1nc(N2CCn3c(nnc3-c3ccccc3)C2)c2cc[nH]c2n1. The van der Waals surface area contributed by atoms with Gasteiger partial charge in [0.25, 0.3) is 0 Å². The molecular formula is C18H17N7. The number of aryl methyl sites for hydroxylation is 1. The number of rotatable bonds is 2. The van der Waals surface area contributed by atoms with E-state index in [4.69, 9.17) is 0 Å². The molecular weight excluding hydrogens is 314 g/mol. The molecule has 0 unspecified atom stereocenters. The first-order chi connectivity index (χ1) is 12.3. The average Bonchev–Trinajstić information content (AvgIpc) is 3.27. The molecule has 3 aromatic heterocycles. The number of H-pyrrole nitrogens is 1. The van der Waals surface area contributed by atoms with Gasteiger partial charge in [0.05, 0.1) is 11.9 Å². The lowest BCUT2D eigenvalue weighted by molar-refractivity contribution is 0.560. The second-order valence-electron chi connectivity index (χ2n) is 6.21. The molecule has 124 valence electrons. The molecule has 0 bridgehead atoms. The van der Waals surface area contributed by atoms with Gasteiger partial charge in [0.2, 0.25) is 0 Å². The number of nitrogens with zero attached hydrogens (tertiary/aromatic N) is 6. The van der Waals surface area contributed by atoms with Gasteiger partial charge in [-0.05, 0) is 13.0 Å². The van der Waals surface area contributed by atoms with E-state index in [0.29, 0.717) is 6.54 Å². The molecule has 7 nitrogen and oxygen atoms in total. The van der Waals surface area contributed by atoms with Crippen molar-refractivity contribution in [2.24, 2.45) is 0 Å². The smallest absolute Gasteiger partial charge is 0.164 e. The molecule has 0 radical (unpaired) electrons. The predicted octanol–water partition coefficient (Wildman–Crippen LogP) is 2.55. The number of fused-ring (bicyclic) bond motifs is 2. The Kier molecular flexibility index (Phi) is 3.06. The molecule has 5 rings (SSSR count). The summed E-state index contributed by atoms with van der Waals surface area (Å²) in [7, 11) is 0. The first kappa shape index (κ1) is 14.2. The summed E-state index contributed by atoms with van der Waals surface area (Å²) in [6.07, 6.45) is 1.91. The fourth-order valence-electron chi connectivity index (χ4n) is 3.41. The van der Waals surface area contributed by atoms with E-state index in [1.54, 1.807) is 0 Å². The Hall–Kier alpha value is -3.22. The van der Waals surface area contributed by atoms with Crippen LogP contribution in [-0.2, 0) is 13.1 Å². The summed E-state index contributed by atoms with van der Waals surface area (Å²) in [4.78, 5) is 14.6. The second kappa shape index (κ2) is 5.41. The largest absolute Gasteiger partial charge is 0.347 e. The maximum absolute atomic E-state index is 4.67. The Morgan fingerprint density at radius 3 is 2.76 bits per heavy atom. The van der Waals surface area contributed by atoms with Gasteiger partial charge in [0, 0.05) is 24.8 Å². The standard InChI is InChI=1S/C18H17N7/c1-12-20-16-14(7-8-19-16)18(21-12)24-9-10-25-15(11-24)22-23-17(25)13-5-3-2-4-6-13/h2-8H,9-11H2,1H3,(H,19,20,21). The van der Waals surface area contributed by atoms with Crippen molar-refractivity contribution >= 4 is 16.9 Å². The van der Waals surface area contributed by atoms with Crippen LogP contribution in [0, 0.1) is 6.92 Å². The highest BCUT2D eigenvalue weighted by Gasteiger charge is 2.24. The maximum atomic E-state index is 4.67. The summed E-state index contributed by atoms with van der Waals surface area (Å²) in [5, 5.41) is 9.88. The lowest BCUT2D eigenvalue weighted by Gasteiger charge is -2.29. The van der Waals surface area contributed by atoms with Crippen LogP contribution in [0.5, 0.6) is 0 Å². The van der Waals surface area contributed by atoms with Crippen LogP contribution in [0.25, 0.3) is 22.4 Å². The number of nitrogens with one attached hydrogen (secondary N) is 1. The summed E-state index contributed by atoms with van der Waals surface area (Å²) < 4.78 is 2.20. The number of hydrogen-bond donors (Lipinski definition) is 1. The zero-order valence-corrected chi connectivity index (χ0v) is 13.8. The van der Waals surface area contributed by atoms with Gasteiger partial charge >= 0.3 is 0 Å². The Balaban J connectivity index is 1.53. The molecule has 1 aliphatic heterocycles. The van der Waals surface area contributed by atoms with E-state index < -0.39 is 0 Å². The Morgan fingerprint density at radius 1 is 1.00 bits per heavy atom. The van der Waals surface area contributed by atoms with E-state index in [1.165, 1.54) is 0 Å². The van der Waals surface area contributed by atoms with Crippen LogP contribution in [0.4, 0.5) is 5.82 Å². The van der Waals surface area contributed by atoms with Gasteiger partial charge in [-0.3, -0.25) is 0 Å². The maximum Gasteiger partial charge on any atom is 0.164 e. The fraction of sp³-hybridized carbons (Fsp3) is 0.222. The molecule has 25 heavy (non-hydrogen) atoms. The summed E-state index contributed by atoms with van der Waals surface area (Å²) in [5.41, 5.74) is 1.97. The van der Waals surface area contributed by atoms with Gasteiger partial charge in [-0.1, -0.05) is 30.3 Å². The van der Waals surface area contributed by atoms with Crippen molar-refractivity contribution in [3.8, 4) is 11.4 Å². The number of hydrogen-bond acceptors (Lipinski definition) is 5. The lowest BCUT2D eigenvalue weighted by atomic mass is 10.2. The van der Waals surface area contributed by atoms with Crippen LogP contribution < -0.4 is 4.90 Å². The molecule has 4 heterocycles. The van der Waals surface area contributed by atoms with Crippen molar-refractivity contribution in [1.82, 2.24) is 29.7 Å². The van der Waals surface area contributed by atoms with Crippen LogP contribution >= 0.6 is 0 Å². The van der Waals surface area contributed by atoms with Crippen LogP contribution in [0.1, 0.15) is 11.6 Å². The summed E-state index contributed by atoms with van der Waals surface area (Å²) in [6, 6.07) is 12.2. The van der Waals surface area contributed by atoms with E-state index >= 15 is 0 Å².